The number of hydrogen-bond acceptors (Lipinski definition) is 5. The van der Waals surface area contributed by atoms with Crippen molar-refractivity contribution < 1.29 is 4.79 Å². The summed E-state index contributed by atoms with van der Waals surface area (Å²) in [5, 5.41) is 18.1. The fourth-order valence-electron chi connectivity index (χ4n) is 0.678. The average Bonchev–Trinajstić information content (AvgIpc) is 2.77. The van der Waals surface area contributed by atoms with Crippen molar-refractivity contribution >= 4 is 5.78 Å². The number of carbonyl (C=O) groups is 1. The van der Waals surface area contributed by atoms with Crippen molar-refractivity contribution in [2.45, 2.75) is 0 Å². The van der Waals surface area contributed by atoms with Crippen LogP contribution >= 0.6 is 0 Å². The zero-order valence-electron chi connectivity index (χ0n) is 5.70. The van der Waals surface area contributed by atoms with Gasteiger partial charge in [-0.3, -0.25) is 10.2 Å². The molecule has 0 aliphatic rings. The van der Waals surface area contributed by atoms with Crippen LogP contribution in [0.15, 0.2) is 0 Å². The third-order valence-corrected chi connectivity index (χ3v) is 1.20. The molecule has 2 aromatic rings. The molecule has 2 N–H and O–H groups in total. The van der Waals surface area contributed by atoms with Crippen molar-refractivity contribution in [1.29, 1.82) is 0 Å². The van der Waals surface area contributed by atoms with Crippen LogP contribution in [-0.2, 0) is 0 Å². The van der Waals surface area contributed by atoms with Crippen LogP contribution in [0.1, 0.15) is 16.2 Å². The summed E-state index contributed by atoms with van der Waals surface area (Å²) < 4.78 is 0. The van der Waals surface area contributed by atoms with Crippen molar-refractivity contribution in [3.05, 3.63) is 23.8 Å². The van der Waals surface area contributed by atoms with E-state index >= 15 is 0 Å². The Morgan fingerprint density at radius 2 is 1.58 bits per heavy atom. The van der Waals surface area contributed by atoms with Crippen LogP contribution in [-0.4, -0.2) is 36.6 Å². The summed E-state index contributed by atoms with van der Waals surface area (Å²) in [4.78, 5) is 11.3. The van der Waals surface area contributed by atoms with Crippen LogP contribution in [0.3, 0.4) is 0 Å². The summed E-state index contributed by atoms with van der Waals surface area (Å²) in [6.45, 7) is 0. The van der Waals surface area contributed by atoms with Gasteiger partial charge >= 0.3 is 0 Å². The highest BCUT2D eigenvalue weighted by Crippen LogP contribution is 1.98. The Morgan fingerprint density at radius 3 is 1.92 bits per heavy atom. The maximum atomic E-state index is 11.3. The van der Waals surface area contributed by atoms with E-state index in [1.165, 1.54) is 0 Å². The average molecular weight is 162 g/mol. The van der Waals surface area contributed by atoms with E-state index in [1.54, 1.807) is 0 Å². The van der Waals surface area contributed by atoms with E-state index in [9.17, 15) is 4.79 Å². The maximum Gasteiger partial charge on any atom is 0.0550 e. The van der Waals surface area contributed by atoms with E-state index in [0.717, 1.165) is 0 Å². The molecule has 2 heterocycles. The van der Waals surface area contributed by atoms with Gasteiger partial charge in [0.25, 0.3) is 0 Å². The lowest BCUT2D eigenvalue weighted by atomic mass is 10.2. The molecular weight excluding hydrogens is 160 g/mol. The number of ketones is 1. The van der Waals surface area contributed by atoms with E-state index in [0.29, 0.717) is 0 Å². The van der Waals surface area contributed by atoms with Crippen molar-refractivity contribution in [2.24, 2.45) is 0 Å². The van der Waals surface area contributed by atoms with Gasteiger partial charge in [0.2, 0.25) is 0 Å². The minimum absolute atomic E-state index is 0.150. The zero-order valence-corrected chi connectivity index (χ0v) is 5.70. The fourth-order valence-corrected chi connectivity index (χ4v) is 0.678. The number of rotatable bonds is 2. The van der Waals surface area contributed by atoms with Crippen LogP contribution in [0.5, 0.6) is 0 Å². The van der Waals surface area contributed by atoms with Crippen molar-refractivity contribution in [1.82, 2.24) is 30.8 Å². The van der Waals surface area contributed by atoms with E-state index in [-0.39, 0.29) is 17.2 Å². The van der Waals surface area contributed by atoms with Crippen LogP contribution in [0.25, 0.3) is 0 Å². The molecule has 0 bridgehead atoms. The Bertz CT molecular complexity index is 326. The molecule has 0 aromatic carbocycles. The first-order valence-electron chi connectivity index (χ1n) is 3.00. The molecule has 0 amide bonds. The standard InChI is InChI=1S/C5H2N6O/c12-5(3-1-6-10-8-3)4-2-7-11-9-4/h(H,6,8,10)(H,7,9,11)/q-2. The molecule has 0 aliphatic heterocycles. The third-order valence-electron chi connectivity index (χ3n) is 1.20. The Labute approximate surface area is 66.2 Å². The third kappa shape index (κ3) is 0.965. The highest BCUT2D eigenvalue weighted by Gasteiger charge is 1.96. The molecule has 60 valence electrons. The number of nitrogens with one attached hydrogen (secondary N) is 2. The monoisotopic (exact) mass is 162 g/mol. The predicted octanol–water partition coefficient (Wildman–Crippen LogP) is -1.25. The van der Waals surface area contributed by atoms with Crippen LogP contribution in [0.4, 0.5) is 0 Å². The highest BCUT2D eigenvalue weighted by atomic mass is 16.1. The lowest BCUT2D eigenvalue weighted by Crippen LogP contribution is -2.02. The van der Waals surface area contributed by atoms with Gasteiger partial charge in [-0.25, -0.2) is 10.2 Å². The first-order chi connectivity index (χ1) is 5.88. The minimum Gasteiger partial charge on any atom is -0.399 e. The second-order valence-corrected chi connectivity index (χ2v) is 1.93. The number of carbonyl (C=O) groups excluding carboxylic acids is 1. The number of nitrogens with zero attached hydrogens (tertiary/aromatic N) is 4. The zero-order chi connectivity index (χ0) is 8.39. The molecule has 7 nitrogen and oxygen atoms in total. The lowest BCUT2D eigenvalue weighted by molar-refractivity contribution is 0.102. The number of aromatic amines is 2. The lowest BCUT2D eigenvalue weighted by Gasteiger charge is -2.02. The SMILES string of the molecule is O=C(c1[c-]nn[nH]1)c1[c-]nn[nH]1. The maximum absolute atomic E-state index is 11.3. The number of hydrogen-bond donors (Lipinski definition) is 2. The van der Waals surface area contributed by atoms with E-state index < -0.39 is 0 Å². The first-order valence-corrected chi connectivity index (χ1v) is 3.00. The molecule has 0 fully saturated rings. The molecular formula is C5H2N6O-2. The predicted molar refractivity (Wildman–Crippen MR) is 33.9 cm³/mol. The second kappa shape index (κ2) is 2.53. The van der Waals surface area contributed by atoms with Crippen molar-refractivity contribution in [2.75, 3.05) is 0 Å². The van der Waals surface area contributed by atoms with Crippen LogP contribution in [0, 0.1) is 12.4 Å². The summed E-state index contributed by atoms with van der Waals surface area (Å²) in [6.07, 6.45) is 4.73. The summed E-state index contributed by atoms with van der Waals surface area (Å²) in [5.41, 5.74) is 0.301. The summed E-state index contributed by atoms with van der Waals surface area (Å²) in [7, 11) is 0. The summed E-state index contributed by atoms with van der Waals surface area (Å²) >= 11 is 0. The van der Waals surface area contributed by atoms with Gasteiger partial charge in [0, 0.05) is 0 Å². The van der Waals surface area contributed by atoms with Crippen molar-refractivity contribution in [3.63, 3.8) is 0 Å². The Balaban J connectivity index is 2.34. The van der Waals surface area contributed by atoms with E-state index in [4.69, 9.17) is 0 Å². The second-order valence-electron chi connectivity index (χ2n) is 1.93. The van der Waals surface area contributed by atoms with E-state index in [2.05, 4.69) is 43.2 Å². The number of H-pyrrole nitrogens is 2. The molecule has 2 rings (SSSR count). The first kappa shape index (κ1) is 6.65. The Kier molecular flexibility index (Phi) is 1.40. The largest absolute Gasteiger partial charge is 0.399 e. The van der Waals surface area contributed by atoms with Gasteiger partial charge in [0.15, 0.2) is 0 Å². The quantitative estimate of drug-likeness (QED) is 0.424. The van der Waals surface area contributed by atoms with Gasteiger partial charge in [-0.1, -0.05) is 22.8 Å². The topological polar surface area (TPSA) is 100 Å². The molecule has 2 aromatic heterocycles. The van der Waals surface area contributed by atoms with Gasteiger partial charge in [-0.2, -0.15) is 0 Å². The molecule has 12 heavy (non-hydrogen) atoms. The van der Waals surface area contributed by atoms with Gasteiger partial charge in [-0.15, -0.1) is 0 Å². The normalized spacial score (nSPS) is 10.0. The van der Waals surface area contributed by atoms with Gasteiger partial charge in [0.05, 0.1) is 5.78 Å². The van der Waals surface area contributed by atoms with Crippen LogP contribution < -0.4 is 0 Å². The smallest absolute Gasteiger partial charge is 0.0550 e. The van der Waals surface area contributed by atoms with Gasteiger partial charge < -0.3 is 4.79 Å². The molecule has 0 spiro atoms. The van der Waals surface area contributed by atoms with Crippen LogP contribution in [0.2, 0.25) is 0 Å². The molecule has 7 heteroatoms. The molecule has 0 aliphatic carbocycles. The molecule has 0 atom stereocenters. The summed E-state index contributed by atoms with van der Waals surface area (Å²) in [5.74, 6) is -0.370. The van der Waals surface area contributed by atoms with E-state index in [1.807, 2.05) is 0 Å². The number of aromatic nitrogens is 6. The van der Waals surface area contributed by atoms with Crippen molar-refractivity contribution in [3.8, 4) is 0 Å². The fraction of sp³-hybridized carbons (Fsp3) is 0. The summed E-state index contributed by atoms with van der Waals surface area (Å²) in [6, 6.07) is 0. The molecule has 0 radical (unpaired) electrons. The Hall–Kier alpha value is -2.05. The van der Waals surface area contributed by atoms with Gasteiger partial charge in [0.1, 0.15) is 0 Å². The van der Waals surface area contributed by atoms with Gasteiger partial charge in [-0.05, 0) is 11.4 Å². The molecule has 0 unspecified atom stereocenters. The molecule has 0 saturated carbocycles. The minimum atomic E-state index is -0.370. The highest BCUT2D eigenvalue weighted by molar-refractivity contribution is 6.05. The molecule has 0 saturated heterocycles. The Morgan fingerprint density at radius 1 is 1.08 bits per heavy atom.